The van der Waals surface area contributed by atoms with E-state index in [1.807, 2.05) is 0 Å². The van der Waals surface area contributed by atoms with Gasteiger partial charge >= 0.3 is 0 Å². The van der Waals surface area contributed by atoms with E-state index in [1.165, 1.54) is 24.3 Å². The van der Waals surface area contributed by atoms with Crippen molar-refractivity contribution >= 4 is 29.5 Å². The summed E-state index contributed by atoms with van der Waals surface area (Å²) in [6.07, 6.45) is 5.96. The first-order valence-electron chi connectivity index (χ1n) is 7.82. The molecule has 0 saturated carbocycles. The van der Waals surface area contributed by atoms with E-state index >= 15 is 0 Å². The number of carbonyl (C=O) groups is 1. The first kappa shape index (κ1) is 18.0. The molecule has 2 aromatic carbocycles. The second-order valence-electron chi connectivity index (χ2n) is 6.47. The lowest BCUT2D eigenvalue weighted by molar-refractivity contribution is 0.103. The Labute approximate surface area is 154 Å². The second-order valence-corrected chi connectivity index (χ2v) is 6.91. The van der Waals surface area contributed by atoms with Crippen LogP contribution in [0.4, 0.5) is 4.39 Å². The van der Waals surface area contributed by atoms with E-state index < -0.39 is 23.0 Å². The molecule has 2 aromatic rings. The Balaban J connectivity index is 2.03. The summed E-state index contributed by atoms with van der Waals surface area (Å²) in [6, 6.07) is 4.98. The molecule has 0 saturated heterocycles. The number of ketones is 1. The van der Waals surface area contributed by atoms with E-state index in [2.05, 4.69) is 0 Å². The fourth-order valence-corrected chi connectivity index (χ4v) is 2.89. The molecular weight excluding hydrogens is 359 g/mol. The largest absolute Gasteiger partial charge is 0.507 e. The fraction of sp³-hybridized carbons (Fsp3) is 0.150. The summed E-state index contributed by atoms with van der Waals surface area (Å²) < 4.78 is 19.2. The molecular formula is C20H16ClFO4. The summed E-state index contributed by atoms with van der Waals surface area (Å²) in [7, 11) is 0. The summed E-state index contributed by atoms with van der Waals surface area (Å²) >= 11 is 5.80. The molecule has 0 bridgehead atoms. The van der Waals surface area contributed by atoms with Gasteiger partial charge in [-0.15, -0.1) is 0 Å². The molecule has 4 nitrogen and oxygen atoms in total. The Kier molecular flexibility index (Phi) is 4.50. The number of hydrogen-bond donors (Lipinski definition) is 2. The first-order valence-corrected chi connectivity index (χ1v) is 8.20. The van der Waals surface area contributed by atoms with Gasteiger partial charge in [-0.3, -0.25) is 4.79 Å². The number of ether oxygens (including phenoxy) is 1. The van der Waals surface area contributed by atoms with Gasteiger partial charge in [0.2, 0.25) is 0 Å². The van der Waals surface area contributed by atoms with Crippen LogP contribution in [0.1, 0.15) is 35.3 Å². The zero-order chi connectivity index (χ0) is 19.1. The summed E-state index contributed by atoms with van der Waals surface area (Å²) in [5, 5.41) is 20.4. The first-order chi connectivity index (χ1) is 12.2. The molecule has 0 unspecified atom stereocenters. The van der Waals surface area contributed by atoms with E-state index in [4.69, 9.17) is 16.3 Å². The number of rotatable bonds is 3. The maximum atomic E-state index is 13.4. The maximum absolute atomic E-state index is 13.4. The van der Waals surface area contributed by atoms with Crippen molar-refractivity contribution in [3.8, 4) is 17.2 Å². The van der Waals surface area contributed by atoms with Crippen LogP contribution in [0.25, 0.3) is 12.2 Å². The lowest BCUT2D eigenvalue weighted by atomic mass is 9.96. The number of phenolic OH excluding ortho intramolecular Hbond substituents is 2. The Bertz CT molecular complexity index is 941. The third-order valence-electron chi connectivity index (χ3n) is 3.85. The Morgan fingerprint density at radius 2 is 1.92 bits per heavy atom. The highest BCUT2D eigenvalue weighted by atomic mass is 35.5. The van der Waals surface area contributed by atoms with Crippen LogP contribution < -0.4 is 4.74 Å². The molecule has 26 heavy (non-hydrogen) atoms. The minimum atomic E-state index is -0.706. The van der Waals surface area contributed by atoms with Gasteiger partial charge in [0.1, 0.15) is 34.2 Å². The molecule has 0 spiro atoms. The van der Waals surface area contributed by atoms with Crippen molar-refractivity contribution < 1.29 is 24.1 Å². The summed E-state index contributed by atoms with van der Waals surface area (Å²) in [5.74, 6) is -1.57. The van der Waals surface area contributed by atoms with Gasteiger partial charge in [-0.05, 0) is 55.8 Å². The minimum absolute atomic E-state index is 0.0750. The third-order valence-corrected chi connectivity index (χ3v) is 4.07. The van der Waals surface area contributed by atoms with Crippen molar-refractivity contribution in [1.29, 1.82) is 0 Å². The van der Waals surface area contributed by atoms with Gasteiger partial charge in [-0.1, -0.05) is 17.7 Å². The number of aromatic hydroxyl groups is 2. The van der Waals surface area contributed by atoms with E-state index in [9.17, 15) is 19.4 Å². The van der Waals surface area contributed by atoms with Crippen LogP contribution in [0, 0.1) is 5.82 Å². The number of allylic oxidation sites excluding steroid dienone is 1. The molecule has 1 heterocycles. The van der Waals surface area contributed by atoms with Gasteiger partial charge in [0.15, 0.2) is 5.78 Å². The lowest BCUT2D eigenvalue weighted by Crippen LogP contribution is -2.28. The Hall–Kier alpha value is -2.79. The topological polar surface area (TPSA) is 66.8 Å². The predicted molar refractivity (Wildman–Crippen MR) is 98.3 cm³/mol. The SMILES string of the molecule is CC1(C)C=Cc2c(O)cc(O)c(C(=O)/C=C/c3cc(F)cc(Cl)c3)c2O1. The van der Waals surface area contributed by atoms with Crippen LogP contribution in [0.3, 0.4) is 0 Å². The van der Waals surface area contributed by atoms with E-state index in [-0.39, 0.29) is 22.1 Å². The monoisotopic (exact) mass is 374 g/mol. The highest BCUT2D eigenvalue weighted by molar-refractivity contribution is 6.30. The summed E-state index contributed by atoms with van der Waals surface area (Å²) in [4.78, 5) is 12.6. The number of benzene rings is 2. The minimum Gasteiger partial charge on any atom is -0.507 e. The van der Waals surface area contributed by atoms with Gasteiger partial charge in [0.25, 0.3) is 0 Å². The highest BCUT2D eigenvalue weighted by Gasteiger charge is 2.29. The van der Waals surface area contributed by atoms with Gasteiger partial charge in [-0.25, -0.2) is 4.39 Å². The molecule has 6 heteroatoms. The molecule has 2 N–H and O–H groups in total. The van der Waals surface area contributed by atoms with E-state index in [0.29, 0.717) is 11.1 Å². The van der Waals surface area contributed by atoms with Crippen molar-refractivity contribution in [3.05, 3.63) is 63.9 Å². The van der Waals surface area contributed by atoms with Crippen LogP contribution in [-0.4, -0.2) is 21.6 Å². The quantitative estimate of drug-likeness (QED) is 0.588. The van der Waals surface area contributed by atoms with Crippen LogP contribution in [0.5, 0.6) is 17.2 Å². The zero-order valence-electron chi connectivity index (χ0n) is 14.1. The summed E-state index contributed by atoms with van der Waals surface area (Å²) in [5.41, 5.74) is -0.0690. The fourth-order valence-electron chi connectivity index (χ4n) is 2.66. The standard InChI is InChI=1S/C20H16ClFO4/c1-20(2)6-5-14-16(24)10-17(25)18(19(14)26-20)15(23)4-3-11-7-12(21)9-13(22)8-11/h3-10,24-25H,1-2H3/b4-3+. The Morgan fingerprint density at radius 3 is 2.62 bits per heavy atom. The van der Waals surface area contributed by atoms with Crippen LogP contribution >= 0.6 is 11.6 Å². The molecule has 0 atom stereocenters. The van der Waals surface area contributed by atoms with Gasteiger partial charge < -0.3 is 14.9 Å². The van der Waals surface area contributed by atoms with Crippen molar-refractivity contribution in [3.63, 3.8) is 0 Å². The molecule has 0 amide bonds. The van der Waals surface area contributed by atoms with E-state index in [0.717, 1.165) is 12.1 Å². The molecule has 3 rings (SSSR count). The van der Waals surface area contributed by atoms with Crippen LogP contribution in [0.2, 0.25) is 5.02 Å². The van der Waals surface area contributed by atoms with Gasteiger partial charge in [0, 0.05) is 11.1 Å². The molecule has 1 aliphatic rings. The van der Waals surface area contributed by atoms with Crippen molar-refractivity contribution in [1.82, 2.24) is 0 Å². The number of hydrogen-bond acceptors (Lipinski definition) is 4. The smallest absolute Gasteiger partial charge is 0.193 e. The predicted octanol–water partition coefficient (Wildman–Crippen LogP) is 4.97. The second kappa shape index (κ2) is 6.50. The molecule has 1 aliphatic heterocycles. The molecule has 0 aliphatic carbocycles. The van der Waals surface area contributed by atoms with E-state index in [1.54, 1.807) is 26.0 Å². The zero-order valence-corrected chi connectivity index (χ0v) is 14.8. The molecule has 0 radical (unpaired) electrons. The van der Waals surface area contributed by atoms with Crippen molar-refractivity contribution in [2.24, 2.45) is 0 Å². The third kappa shape index (κ3) is 3.58. The molecule has 134 valence electrons. The highest BCUT2D eigenvalue weighted by Crippen LogP contribution is 2.43. The summed E-state index contributed by atoms with van der Waals surface area (Å²) in [6.45, 7) is 3.57. The number of halogens is 2. The van der Waals surface area contributed by atoms with Crippen molar-refractivity contribution in [2.75, 3.05) is 0 Å². The molecule has 0 aromatic heterocycles. The van der Waals surface area contributed by atoms with Crippen LogP contribution in [0.15, 0.2) is 36.4 Å². The average Bonchev–Trinajstić information content (AvgIpc) is 2.50. The average molecular weight is 375 g/mol. The van der Waals surface area contributed by atoms with Crippen molar-refractivity contribution in [2.45, 2.75) is 19.4 Å². The van der Waals surface area contributed by atoms with Gasteiger partial charge in [0.05, 0.1) is 5.56 Å². The van der Waals surface area contributed by atoms with Crippen LogP contribution in [-0.2, 0) is 0 Å². The molecule has 0 fully saturated rings. The lowest BCUT2D eigenvalue weighted by Gasteiger charge is -2.29. The number of carbonyl (C=O) groups excluding carboxylic acids is 1. The maximum Gasteiger partial charge on any atom is 0.193 e. The Morgan fingerprint density at radius 1 is 1.19 bits per heavy atom. The number of fused-ring (bicyclic) bond motifs is 1. The number of phenols is 2. The normalized spacial score (nSPS) is 14.9. The van der Waals surface area contributed by atoms with Gasteiger partial charge in [-0.2, -0.15) is 0 Å².